The lowest BCUT2D eigenvalue weighted by molar-refractivity contribution is 1.14. The van der Waals surface area contributed by atoms with E-state index in [9.17, 15) is 0 Å². The number of hydrogen-bond acceptors (Lipinski definition) is 0. The topological polar surface area (TPSA) is 0 Å². The van der Waals surface area contributed by atoms with Crippen LogP contribution in [0, 0.1) is 6.92 Å². The summed E-state index contributed by atoms with van der Waals surface area (Å²) in [5.41, 5.74) is 10.5. The summed E-state index contributed by atoms with van der Waals surface area (Å²) in [7, 11) is 0. The van der Waals surface area contributed by atoms with Crippen LogP contribution >= 0.6 is 0 Å². The van der Waals surface area contributed by atoms with E-state index in [1.54, 1.807) is 0 Å². The van der Waals surface area contributed by atoms with Gasteiger partial charge in [-0.1, -0.05) is 104 Å². The zero-order valence-corrected chi connectivity index (χ0v) is 15.9. The second kappa shape index (κ2) is 7.63. The average molecular weight is 348 g/mol. The van der Waals surface area contributed by atoms with Gasteiger partial charge in [-0.05, 0) is 57.9 Å². The van der Waals surface area contributed by atoms with Crippen molar-refractivity contribution in [1.82, 2.24) is 0 Å². The molecule has 0 fully saturated rings. The summed E-state index contributed by atoms with van der Waals surface area (Å²) < 4.78 is 0. The van der Waals surface area contributed by atoms with Crippen molar-refractivity contribution in [1.29, 1.82) is 0 Å². The average Bonchev–Trinajstić information content (AvgIpc) is 2.74. The maximum Gasteiger partial charge on any atom is -0.00708 e. The molecule has 0 aliphatic rings. The van der Waals surface area contributed by atoms with Crippen LogP contribution in [0.5, 0.6) is 0 Å². The lowest BCUT2D eigenvalue weighted by atomic mass is 9.87. The van der Waals surface area contributed by atoms with E-state index in [1.807, 2.05) is 0 Å². The van der Waals surface area contributed by atoms with Crippen molar-refractivity contribution < 1.29 is 0 Å². The molecule has 0 N–H and O–H groups in total. The quantitative estimate of drug-likeness (QED) is 0.357. The van der Waals surface area contributed by atoms with Crippen molar-refractivity contribution in [3.8, 4) is 33.4 Å². The first kappa shape index (κ1) is 17.3. The summed E-state index contributed by atoms with van der Waals surface area (Å²) in [6.07, 6.45) is 1.03. The molecule has 0 heteroatoms. The smallest absolute Gasteiger partial charge is 0.00708 e. The van der Waals surface area contributed by atoms with Crippen molar-refractivity contribution in [2.24, 2.45) is 0 Å². The van der Waals surface area contributed by atoms with Gasteiger partial charge in [0, 0.05) is 0 Å². The van der Waals surface area contributed by atoms with Gasteiger partial charge in [-0.3, -0.25) is 0 Å². The summed E-state index contributed by atoms with van der Waals surface area (Å²) >= 11 is 0. The molecule has 0 saturated carbocycles. The van der Waals surface area contributed by atoms with Gasteiger partial charge in [0.15, 0.2) is 0 Å². The zero-order chi connectivity index (χ0) is 18.6. The molecule has 0 saturated heterocycles. The molecule has 132 valence electrons. The molecule has 4 aromatic carbocycles. The van der Waals surface area contributed by atoms with Gasteiger partial charge in [-0.25, -0.2) is 0 Å². The Bertz CT molecular complexity index is 1040. The predicted octanol–water partition coefficient (Wildman–Crippen LogP) is 7.56. The van der Waals surface area contributed by atoms with E-state index in [1.165, 1.54) is 44.5 Å². The van der Waals surface area contributed by atoms with E-state index in [-0.39, 0.29) is 0 Å². The predicted molar refractivity (Wildman–Crippen MR) is 117 cm³/mol. The van der Waals surface area contributed by atoms with Crippen molar-refractivity contribution >= 4 is 0 Å². The monoisotopic (exact) mass is 348 g/mol. The van der Waals surface area contributed by atoms with Gasteiger partial charge in [0.05, 0.1) is 0 Å². The molecule has 0 amide bonds. The highest BCUT2D eigenvalue weighted by atomic mass is 14.2. The van der Waals surface area contributed by atoms with E-state index in [0.717, 1.165) is 6.42 Å². The molecule has 0 spiro atoms. The second-order valence-electron chi connectivity index (χ2n) is 6.95. The summed E-state index contributed by atoms with van der Waals surface area (Å²) in [4.78, 5) is 0. The normalized spacial score (nSPS) is 10.7. The molecule has 0 unspecified atom stereocenters. The molecule has 4 aromatic rings. The Labute approximate surface area is 162 Å². The molecule has 0 aromatic heterocycles. The molecular weight excluding hydrogens is 324 g/mol. The molecule has 0 radical (unpaired) electrons. The van der Waals surface area contributed by atoms with Gasteiger partial charge < -0.3 is 0 Å². The number of aryl methyl sites for hydroxylation is 2. The van der Waals surface area contributed by atoms with Crippen molar-refractivity contribution in [2.45, 2.75) is 20.3 Å². The third-order valence-corrected chi connectivity index (χ3v) is 5.25. The van der Waals surface area contributed by atoms with Gasteiger partial charge in [-0.2, -0.15) is 0 Å². The van der Waals surface area contributed by atoms with Crippen LogP contribution in [0.25, 0.3) is 33.4 Å². The Morgan fingerprint density at radius 3 is 1.81 bits per heavy atom. The fourth-order valence-corrected chi connectivity index (χ4v) is 3.78. The van der Waals surface area contributed by atoms with Gasteiger partial charge in [-0.15, -0.1) is 0 Å². The van der Waals surface area contributed by atoms with Crippen LogP contribution in [0.15, 0.2) is 97.1 Å². The van der Waals surface area contributed by atoms with E-state index in [2.05, 4.69) is 111 Å². The summed E-state index contributed by atoms with van der Waals surface area (Å²) in [5, 5.41) is 0. The molecule has 0 nitrogen and oxygen atoms in total. The van der Waals surface area contributed by atoms with E-state index >= 15 is 0 Å². The highest BCUT2D eigenvalue weighted by Gasteiger charge is 2.13. The Hall–Kier alpha value is -3.12. The SMILES string of the molecule is CCc1cccc(-c2ccc(-c3ccccc3)cc2)c1-c1ccccc1C. The fourth-order valence-electron chi connectivity index (χ4n) is 3.78. The third-order valence-electron chi connectivity index (χ3n) is 5.25. The second-order valence-corrected chi connectivity index (χ2v) is 6.95. The number of rotatable bonds is 4. The molecular formula is C27H24. The first-order valence-electron chi connectivity index (χ1n) is 9.61. The molecule has 0 aliphatic heterocycles. The van der Waals surface area contributed by atoms with E-state index in [4.69, 9.17) is 0 Å². The first-order chi connectivity index (χ1) is 13.3. The van der Waals surface area contributed by atoms with Crippen LogP contribution in [-0.4, -0.2) is 0 Å². The Morgan fingerprint density at radius 2 is 1.11 bits per heavy atom. The first-order valence-corrected chi connectivity index (χ1v) is 9.61. The maximum atomic E-state index is 2.25. The molecule has 0 aliphatic carbocycles. The number of hydrogen-bond donors (Lipinski definition) is 0. The van der Waals surface area contributed by atoms with Gasteiger partial charge in [0.25, 0.3) is 0 Å². The largest absolute Gasteiger partial charge is 0.0622 e. The summed E-state index contributed by atoms with van der Waals surface area (Å²) in [5.74, 6) is 0. The fraction of sp³-hybridized carbons (Fsp3) is 0.111. The van der Waals surface area contributed by atoms with Gasteiger partial charge in [0.1, 0.15) is 0 Å². The lowest BCUT2D eigenvalue weighted by Gasteiger charge is -2.17. The van der Waals surface area contributed by atoms with E-state index in [0.29, 0.717) is 0 Å². The summed E-state index contributed by atoms with van der Waals surface area (Å²) in [6, 6.07) is 34.9. The van der Waals surface area contributed by atoms with Crippen LogP contribution < -0.4 is 0 Å². The van der Waals surface area contributed by atoms with Crippen LogP contribution in [0.1, 0.15) is 18.1 Å². The highest BCUT2D eigenvalue weighted by Crippen LogP contribution is 2.37. The van der Waals surface area contributed by atoms with Crippen molar-refractivity contribution in [3.05, 3.63) is 108 Å². The Kier molecular flexibility index (Phi) is 4.89. The summed E-state index contributed by atoms with van der Waals surface area (Å²) in [6.45, 7) is 4.43. The minimum atomic E-state index is 1.03. The molecule has 0 atom stereocenters. The van der Waals surface area contributed by atoms with Gasteiger partial charge in [0.2, 0.25) is 0 Å². The van der Waals surface area contributed by atoms with Crippen molar-refractivity contribution in [3.63, 3.8) is 0 Å². The Balaban J connectivity index is 1.84. The molecule has 27 heavy (non-hydrogen) atoms. The minimum absolute atomic E-state index is 1.03. The molecule has 0 heterocycles. The van der Waals surface area contributed by atoms with Crippen LogP contribution in [0.3, 0.4) is 0 Å². The highest BCUT2D eigenvalue weighted by molar-refractivity contribution is 5.87. The maximum absolute atomic E-state index is 2.25. The minimum Gasteiger partial charge on any atom is -0.0622 e. The van der Waals surface area contributed by atoms with Crippen molar-refractivity contribution in [2.75, 3.05) is 0 Å². The lowest BCUT2D eigenvalue weighted by Crippen LogP contribution is -1.94. The Morgan fingerprint density at radius 1 is 0.519 bits per heavy atom. The third kappa shape index (κ3) is 3.44. The van der Waals surface area contributed by atoms with Crippen LogP contribution in [0.2, 0.25) is 0 Å². The van der Waals surface area contributed by atoms with E-state index < -0.39 is 0 Å². The van der Waals surface area contributed by atoms with Crippen LogP contribution in [-0.2, 0) is 6.42 Å². The standard InChI is InChI=1S/C27H24/c1-3-21-13-9-15-26(27(21)25-14-8-7-10-20(25)2)24-18-16-23(17-19-24)22-11-5-4-6-12-22/h4-19H,3H2,1-2H3. The number of benzene rings is 4. The molecule has 0 bridgehead atoms. The van der Waals surface area contributed by atoms with Crippen LogP contribution in [0.4, 0.5) is 0 Å². The molecule has 4 rings (SSSR count). The zero-order valence-electron chi connectivity index (χ0n) is 15.9. The van der Waals surface area contributed by atoms with Gasteiger partial charge >= 0.3 is 0 Å².